The van der Waals surface area contributed by atoms with Gasteiger partial charge in [-0.25, -0.2) is 0 Å². The summed E-state index contributed by atoms with van der Waals surface area (Å²) in [6.07, 6.45) is 1.61. The standard InChI is InChI=1S/C4H6N2O/c1-6-3-2-4(7)5-6/h2-3H,1H3,(H,5,7)/p-1. The minimum absolute atomic E-state index is 0.178. The van der Waals surface area contributed by atoms with Crippen molar-refractivity contribution in [2.24, 2.45) is 7.05 Å². The zero-order valence-electron chi connectivity index (χ0n) is 3.96. The summed E-state index contributed by atoms with van der Waals surface area (Å²) in [5, 5.41) is 13.6. The van der Waals surface area contributed by atoms with Crippen molar-refractivity contribution in [1.82, 2.24) is 9.78 Å². The number of hydrogen-bond donors (Lipinski definition) is 0. The van der Waals surface area contributed by atoms with Gasteiger partial charge in [0.2, 0.25) is 0 Å². The highest BCUT2D eigenvalue weighted by atomic mass is 16.3. The Labute approximate surface area is 41.2 Å². The van der Waals surface area contributed by atoms with Crippen LogP contribution in [0.3, 0.4) is 0 Å². The second-order valence-electron chi connectivity index (χ2n) is 1.33. The van der Waals surface area contributed by atoms with Crippen LogP contribution >= 0.6 is 0 Å². The van der Waals surface area contributed by atoms with E-state index < -0.39 is 0 Å². The first-order valence-corrected chi connectivity index (χ1v) is 1.96. The van der Waals surface area contributed by atoms with Crippen LogP contribution in [-0.2, 0) is 7.05 Å². The van der Waals surface area contributed by atoms with Crippen LogP contribution in [0.25, 0.3) is 0 Å². The normalized spacial score (nSPS) is 9.29. The zero-order chi connectivity index (χ0) is 5.28. The molecule has 1 aromatic rings. The van der Waals surface area contributed by atoms with Crippen molar-refractivity contribution in [2.45, 2.75) is 0 Å². The Morgan fingerprint density at radius 2 is 2.57 bits per heavy atom. The highest BCUT2D eigenvalue weighted by molar-refractivity contribution is 4.99. The molecular weight excluding hydrogens is 92.1 g/mol. The second kappa shape index (κ2) is 1.26. The summed E-state index contributed by atoms with van der Waals surface area (Å²) in [6, 6.07) is 1.42. The lowest BCUT2D eigenvalue weighted by molar-refractivity contribution is -0.275. The van der Waals surface area contributed by atoms with Crippen LogP contribution < -0.4 is 5.11 Å². The Bertz CT molecular complexity index is 142. The minimum Gasteiger partial charge on any atom is -0.857 e. The molecule has 0 aliphatic carbocycles. The van der Waals surface area contributed by atoms with Gasteiger partial charge in [-0.2, -0.15) is 5.10 Å². The molecule has 3 heteroatoms. The van der Waals surface area contributed by atoms with Gasteiger partial charge in [0.25, 0.3) is 0 Å². The van der Waals surface area contributed by atoms with Gasteiger partial charge in [0, 0.05) is 19.1 Å². The van der Waals surface area contributed by atoms with E-state index >= 15 is 0 Å². The lowest BCUT2D eigenvalue weighted by Crippen LogP contribution is -1.92. The van der Waals surface area contributed by atoms with Crippen molar-refractivity contribution >= 4 is 0 Å². The Kier molecular flexibility index (Phi) is 0.749. The number of nitrogens with zero attached hydrogens (tertiary/aromatic N) is 2. The molecule has 0 amide bonds. The van der Waals surface area contributed by atoms with Crippen LogP contribution in [0.1, 0.15) is 0 Å². The maximum absolute atomic E-state index is 10.2. The predicted molar refractivity (Wildman–Crippen MR) is 22.7 cm³/mol. The van der Waals surface area contributed by atoms with E-state index in [4.69, 9.17) is 0 Å². The lowest BCUT2D eigenvalue weighted by Gasteiger charge is -1.91. The fourth-order valence-corrected chi connectivity index (χ4v) is 0.394. The van der Waals surface area contributed by atoms with Gasteiger partial charge in [0.15, 0.2) is 0 Å². The van der Waals surface area contributed by atoms with Crippen LogP contribution in [0, 0.1) is 0 Å². The van der Waals surface area contributed by atoms with Gasteiger partial charge in [0.1, 0.15) is 0 Å². The topological polar surface area (TPSA) is 40.9 Å². The Balaban J connectivity index is 3.04. The minimum atomic E-state index is -0.178. The molecule has 1 heterocycles. The van der Waals surface area contributed by atoms with E-state index in [1.165, 1.54) is 10.7 Å². The third kappa shape index (κ3) is 0.707. The van der Waals surface area contributed by atoms with Gasteiger partial charge in [-0.05, 0) is 6.07 Å². The van der Waals surface area contributed by atoms with E-state index in [0.717, 1.165) is 0 Å². The van der Waals surface area contributed by atoms with Crippen LogP contribution in [0.2, 0.25) is 0 Å². The Morgan fingerprint density at radius 1 is 1.86 bits per heavy atom. The average molecular weight is 97.1 g/mol. The highest BCUT2D eigenvalue weighted by Crippen LogP contribution is 1.92. The summed E-state index contributed by atoms with van der Waals surface area (Å²) >= 11 is 0. The van der Waals surface area contributed by atoms with E-state index in [1.54, 1.807) is 13.2 Å². The van der Waals surface area contributed by atoms with Crippen LogP contribution in [-0.4, -0.2) is 9.78 Å². The first kappa shape index (κ1) is 4.18. The van der Waals surface area contributed by atoms with Gasteiger partial charge in [-0.15, -0.1) is 0 Å². The van der Waals surface area contributed by atoms with E-state index in [2.05, 4.69) is 5.10 Å². The third-order valence-electron chi connectivity index (χ3n) is 0.689. The van der Waals surface area contributed by atoms with E-state index in [9.17, 15) is 5.11 Å². The zero-order valence-corrected chi connectivity index (χ0v) is 3.96. The van der Waals surface area contributed by atoms with Gasteiger partial charge < -0.3 is 5.11 Å². The molecule has 1 rings (SSSR count). The Morgan fingerprint density at radius 3 is 2.71 bits per heavy atom. The number of aryl methyl sites for hydroxylation is 1. The van der Waals surface area contributed by atoms with Crippen LogP contribution in [0.15, 0.2) is 12.3 Å². The molecule has 0 spiro atoms. The van der Waals surface area contributed by atoms with Crippen molar-refractivity contribution in [2.75, 3.05) is 0 Å². The summed E-state index contributed by atoms with van der Waals surface area (Å²) < 4.78 is 1.47. The molecule has 0 aliphatic rings. The molecule has 0 bridgehead atoms. The lowest BCUT2D eigenvalue weighted by atomic mass is 10.7. The molecule has 0 aliphatic heterocycles. The third-order valence-corrected chi connectivity index (χ3v) is 0.689. The largest absolute Gasteiger partial charge is 0.857 e. The number of hydrogen-bond acceptors (Lipinski definition) is 2. The molecule has 0 aromatic carbocycles. The molecule has 0 atom stereocenters. The number of aromatic nitrogens is 2. The molecule has 0 unspecified atom stereocenters. The van der Waals surface area contributed by atoms with Gasteiger partial charge in [0.05, 0.1) is 0 Å². The molecule has 0 saturated heterocycles. The molecular formula is C4H5N2O-. The van der Waals surface area contributed by atoms with Crippen molar-refractivity contribution in [3.8, 4) is 5.88 Å². The highest BCUT2D eigenvalue weighted by Gasteiger charge is 1.75. The molecule has 3 nitrogen and oxygen atoms in total. The van der Waals surface area contributed by atoms with Crippen molar-refractivity contribution in [1.29, 1.82) is 0 Å². The van der Waals surface area contributed by atoms with E-state index in [0.29, 0.717) is 0 Å². The van der Waals surface area contributed by atoms with Crippen molar-refractivity contribution in [3.63, 3.8) is 0 Å². The second-order valence-corrected chi connectivity index (χ2v) is 1.33. The number of rotatable bonds is 0. The van der Waals surface area contributed by atoms with Crippen LogP contribution in [0.4, 0.5) is 0 Å². The maximum atomic E-state index is 10.2. The fraction of sp³-hybridized carbons (Fsp3) is 0.250. The predicted octanol–water partition coefficient (Wildman–Crippen LogP) is -0.506. The fourth-order valence-electron chi connectivity index (χ4n) is 0.394. The maximum Gasteiger partial charge on any atom is 0.0296 e. The van der Waals surface area contributed by atoms with Gasteiger partial charge >= 0.3 is 0 Å². The van der Waals surface area contributed by atoms with Gasteiger partial charge in [-0.1, -0.05) is 0 Å². The SMILES string of the molecule is Cn1ccc([O-])n1. The first-order chi connectivity index (χ1) is 3.29. The monoisotopic (exact) mass is 97.0 g/mol. The summed E-state index contributed by atoms with van der Waals surface area (Å²) in [7, 11) is 1.71. The molecule has 38 valence electrons. The summed E-state index contributed by atoms with van der Waals surface area (Å²) in [6.45, 7) is 0. The Hall–Kier alpha value is -0.990. The molecule has 1 aromatic heterocycles. The van der Waals surface area contributed by atoms with E-state index in [1.807, 2.05) is 0 Å². The summed E-state index contributed by atoms with van der Waals surface area (Å²) in [5.74, 6) is -0.178. The molecule has 7 heavy (non-hydrogen) atoms. The average Bonchev–Trinajstić information content (AvgIpc) is 1.87. The molecule has 0 radical (unpaired) electrons. The summed E-state index contributed by atoms with van der Waals surface area (Å²) in [4.78, 5) is 0. The van der Waals surface area contributed by atoms with Crippen molar-refractivity contribution in [3.05, 3.63) is 12.3 Å². The van der Waals surface area contributed by atoms with Crippen LogP contribution in [0.5, 0.6) is 5.88 Å². The van der Waals surface area contributed by atoms with E-state index in [-0.39, 0.29) is 5.88 Å². The molecule has 0 fully saturated rings. The summed E-state index contributed by atoms with van der Waals surface area (Å²) in [5.41, 5.74) is 0. The molecule has 0 saturated carbocycles. The molecule has 0 N–H and O–H groups in total. The van der Waals surface area contributed by atoms with Crippen molar-refractivity contribution < 1.29 is 5.11 Å². The van der Waals surface area contributed by atoms with Gasteiger partial charge in [-0.3, -0.25) is 4.68 Å². The quantitative estimate of drug-likeness (QED) is 0.437. The smallest absolute Gasteiger partial charge is 0.0296 e. The first-order valence-electron chi connectivity index (χ1n) is 1.96.